The molecule has 3 nitrogen and oxygen atoms in total. The van der Waals surface area contributed by atoms with Gasteiger partial charge in [0.2, 0.25) is 11.8 Å². The molecule has 2 aliphatic carbocycles. The fourth-order valence-electron chi connectivity index (χ4n) is 4.42. The summed E-state index contributed by atoms with van der Waals surface area (Å²) < 4.78 is 38.7. The molecule has 1 heterocycles. The van der Waals surface area contributed by atoms with Gasteiger partial charge in [-0.1, -0.05) is 37.9 Å². The maximum absolute atomic E-state index is 12.9. The van der Waals surface area contributed by atoms with E-state index in [9.17, 15) is 22.8 Å². The predicted molar refractivity (Wildman–Crippen MR) is 87.9 cm³/mol. The number of alkyl halides is 5. The lowest BCUT2D eigenvalue weighted by Gasteiger charge is -2.28. The Morgan fingerprint density at radius 2 is 1.54 bits per heavy atom. The molecule has 24 heavy (non-hydrogen) atoms. The third-order valence-electron chi connectivity index (χ3n) is 5.42. The van der Waals surface area contributed by atoms with E-state index in [1.54, 1.807) is 0 Å². The molecule has 0 unspecified atom stereocenters. The molecular formula is C16H12Br2F3NO2. The van der Waals surface area contributed by atoms with E-state index < -0.39 is 23.6 Å². The molecule has 128 valence electrons. The molecule has 1 saturated heterocycles. The van der Waals surface area contributed by atoms with Crippen molar-refractivity contribution in [3.8, 4) is 0 Å². The molecule has 1 aliphatic heterocycles. The van der Waals surface area contributed by atoms with E-state index in [2.05, 4.69) is 31.9 Å². The third kappa shape index (κ3) is 2.14. The number of carbonyl (C=O) groups is 2. The number of carbonyl (C=O) groups excluding carboxylic acids is 2. The lowest BCUT2D eigenvalue weighted by molar-refractivity contribution is -0.137. The Balaban J connectivity index is 1.72. The van der Waals surface area contributed by atoms with Gasteiger partial charge in [0.25, 0.3) is 0 Å². The van der Waals surface area contributed by atoms with Crippen LogP contribution in [0.3, 0.4) is 0 Å². The van der Waals surface area contributed by atoms with Gasteiger partial charge in [0, 0.05) is 9.65 Å². The van der Waals surface area contributed by atoms with Crippen molar-refractivity contribution < 1.29 is 22.8 Å². The second kappa shape index (κ2) is 5.30. The van der Waals surface area contributed by atoms with Crippen LogP contribution >= 0.6 is 31.9 Å². The summed E-state index contributed by atoms with van der Waals surface area (Å²) >= 11 is 7.16. The van der Waals surface area contributed by atoms with Crippen LogP contribution in [0.25, 0.3) is 0 Å². The summed E-state index contributed by atoms with van der Waals surface area (Å²) in [7, 11) is 0. The standard InChI is InChI=1S/C16H12Br2F3NO2/c17-12-8-5-9(13(12)18)11-10(8)14(23)22(15(11)24)7-3-1-2-6(4-7)16(19,20)21/h1-4,8-13H,5H2/t8-,9+,10-,11-,12+,13-/m0/s1. The number of rotatable bonds is 1. The zero-order valence-corrected chi connectivity index (χ0v) is 15.3. The largest absolute Gasteiger partial charge is 0.416 e. The maximum Gasteiger partial charge on any atom is 0.416 e. The van der Waals surface area contributed by atoms with E-state index >= 15 is 0 Å². The van der Waals surface area contributed by atoms with Crippen molar-refractivity contribution in [1.29, 1.82) is 0 Å². The molecule has 3 aliphatic rings. The van der Waals surface area contributed by atoms with E-state index in [-0.39, 0.29) is 39.0 Å². The molecule has 0 spiro atoms. The van der Waals surface area contributed by atoms with E-state index in [0.717, 1.165) is 23.5 Å². The lowest BCUT2D eigenvalue weighted by Crippen LogP contribution is -2.37. The zero-order valence-electron chi connectivity index (χ0n) is 12.1. The van der Waals surface area contributed by atoms with Crippen LogP contribution in [0.2, 0.25) is 0 Å². The third-order valence-corrected chi connectivity index (χ3v) is 8.63. The van der Waals surface area contributed by atoms with Crippen molar-refractivity contribution in [2.24, 2.45) is 23.7 Å². The first-order valence-corrected chi connectivity index (χ1v) is 9.38. The number of anilines is 1. The van der Waals surface area contributed by atoms with E-state index in [0.29, 0.717) is 0 Å². The highest BCUT2D eigenvalue weighted by molar-refractivity contribution is 9.12. The van der Waals surface area contributed by atoms with Crippen molar-refractivity contribution >= 4 is 49.4 Å². The molecule has 1 aromatic carbocycles. The van der Waals surface area contributed by atoms with Gasteiger partial charge in [-0.3, -0.25) is 14.5 Å². The summed E-state index contributed by atoms with van der Waals surface area (Å²) in [6.07, 6.45) is -3.73. The van der Waals surface area contributed by atoms with Crippen molar-refractivity contribution in [2.75, 3.05) is 4.90 Å². The molecule has 0 N–H and O–H groups in total. The average molecular weight is 467 g/mol. The Morgan fingerprint density at radius 1 is 1.00 bits per heavy atom. The second-order valence-electron chi connectivity index (χ2n) is 6.56. The number of fused-ring (bicyclic) bond motifs is 5. The summed E-state index contributed by atoms with van der Waals surface area (Å²) in [6, 6.07) is 4.41. The van der Waals surface area contributed by atoms with Crippen LogP contribution < -0.4 is 4.90 Å². The maximum atomic E-state index is 12.9. The van der Waals surface area contributed by atoms with Gasteiger partial charge in [0.05, 0.1) is 23.1 Å². The number of halogens is 5. The molecule has 8 heteroatoms. The van der Waals surface area contributed by atoms with Crippen molar-refractivity contribution in [3.05, 3.63) is 29.8 Å². The first kappa shape index (κ1) is 16.6. The van der Waals surface area contributed by atoms with Gasteiger partial charge < -0.3 is 0 Å². The number of hydrogen-bond acceptors (Lipinski definition) is 2. The molecule has 4 rings (SSSR count). The highest BCUT2D eigenvalue weighted by Crippen LogP contribution is 2.60. The van der Waals surface area contributed by atoms with E-state index in [4.69, 9.17) is 0 Å². The summed E-state index contributed by atoms with van der Waals surface area (Å²) in [5, 5.41) is 0. The SMILES string of the molecule is O=C1[C@H]2[C@@H]3C[C@@H]([C@H](Br)[C@@H]3Br)[C@@H]2C(=O)N1c1cccc(C(F)(F)F)c1. The first-order valence-electron chi connectivity index (χ1n) is 7.55. The minimum absolute atomic E-state index is 0.00544. The van der Waals surface area contributed by atoms with Gasteiger partial charge in [-0.25, -0.2) is 0 Å². The fourth-order valence-corrected chi connectivity index (χ4v) is 6.30. The quantitative estimate of drug-likeness (QED) is 0.463. The number of nitrogens with zero attached hydrogens (tertiary/aromatic N) is 1. The number of benzene rings is 1. The second-order valence-corrected chi connectivity index (χ2v) is 8.68. The summed E-state index contributed by atoms with van der Waals surface area (Å²) in [5.74, 6) is -1.54. The van der Waals surface area contributed by atoms with Crippen LogP contribution in [-0.2, 0) is 15.8 Å². The van der Waals surface area contributed by atoms with E-state index in [1.807, 2.05) is 0 Å². The van der Waals surface area contributed by atoms with Crippen LogP contribution in [0, 0.1) is 23.7 Å². The lowest BCUT2D eigenvalue weighted by atomic mass is 9.81. The molecule has 0 aromatic heterocycles. The summed E-state index contributed by atoms with van der Waals surface area (Å²) in [4.78, 5) is 26.7. The topological polar surface area (TPSA) is 37.4 Å². The Labute approximate surface area is 152 Å². The number of imide groups is 1. The number of amides is 2. The molecule has 2 bridgehead atoms. The van der Waals surface area contributed by atoms with Gasteiger partial charge >= 0.3 is 6.18 Å². The minimum atomic E-state index is -4.52. The molecule has 6 atom stereocenters. The van der Waals surface area contributed by atoms with Gasteiger partial charge in [-0.05, 0) is 36.5 Å². The summed E-state index contributed by atoms with van der Waals surface area (Å²) in [6.45, 7) is 0. The first-order chi connectivity index (χ1) is 11.2. The van der Waals surface area contributed by atoms with Crippen molar-refractivity contribution in [1.82, 2.24) is 0 Å². The minimum Gasteiger partial charge on any atom is -0.274 e. The van der Waals surface area contributed by atoms with Gasteiger partial charge in [-0.15, -0.1) is 0 Å². The van der Waals surface area contributed by atoms with Gasteiger partial charge in [-0.2, -0.15) is 13.2 Å². The molecule has 0 radical (unpaired) electrons. The normalized spacial score (nSPS) is 38.1. The predicted octanol–water partition coefficient (Wildman–Crippen LogP) is 3.99. The monoisotopic (exact) mass is 465 g/mol. The molecule has 2 amide bonds. The van der Waals surface area contributed by atoms with E-state index in [1.165, 1.54) is 12.1 Å². The van der Waals surface area contributed by atoms with Crippen LogP contribution in [0.15, 0.2) is 24.3 Å². The molecular weight excluding hydrogens is 455 g/mol. The van der Waals surface area contributed by atoms with Gasteiger partial charge in [0.1, 0.15) is 0 Å². The molecule has 2 saturated carbocycles. The smallest absolute Gasteiger partial charge is 0.274 e. The highest BCUT2D eigenvalue weighted by Gasteiger charge is 2.66. The van der Waals surface area contributed by atoms with Crippen molar-refractivity contribution in [2.45, 2.75) is 22.3 Å². The molecule has 1 aromatic rings. The Bertz CT molecular complexity index is 706. The van der Waals surface area contributed by atoms with Crippen LogP contribution in [-0.4, -0.2) is 21.5 Å². The molecule has 3 fully saturated rings. The van der Waals surface area contributed by atoms with Crippen LogP contribution in [0.1, 0.15) is 12.0 Å². The van der Waals surface area contributed by atoms with Crippen LogP contribution in [0.5, 0.6) is 0 Å². The number of hydrogen-bond donors (Lipinski definition) is 0. The van der Waals surface area contributed by atoms with Gasteiger partial charge in [0.15, 0.2) is 0 Å². The highest BCUT2D eigenvalue weighted by atomic mass is 79.9. The Hall–Kier alpha value is -0.890. The fraction of sp³-hybridized carbons (Fsp3) is 0.500. The Morgan fingerprint density at radius 3 is 2.04 bits per heavy atom. The summed E-state index contributed by atoms with van der Waals surface area (Å²) in [5.41, 5.74) is -0.858. The Kier molecular flexibility index (Phi) is 3.66. The zero-order chi connectivity index (χ0) is 17.4. The van der Waals surface area contributed by atoms with Crippen LogP contribution in [0.4, 0.5) is 18.9 Å². The average Bonchev–Trinajstić information content (AvgIpc) is 3.12. The van der Waals surface area contributed by atoms with Crippen molar-refractivity contribution in [3.63, 3.8) is 0 Å².